The molecular weight excluding hydrogens is 361 g/mol. The zero-order valence-electron chi connectivity index (χ0n) is 15.1. The number of carbonyl (C=O) groups is 1. The van der Waals surface area contributed by atoms with Crippen molar-refractivity contribution in [2.75, 3.05) is 33.3 Å². The Morgan fingerprint density at radius 3 is 2.81 bits per heavy atom. The number of nitrogens with zero attached hydrogens (tertiary/aromatic N) is 2. The lowest BCUT2D eigenvalue weighted by molar-refractivity contribution is -0.137. The second-order valence-electron chi connectivity index (χ2n) is 6.67. The molecule has 2 fully saturated rings. The molecule has 2 aliphatic rings. The summed E-state index contributed by atoms with van der Waals surface area (Å²) in [6.45, 7) is 1.36. The maximum absolute atomic E-state index is 12.9. The Labute approximate surface area is 155 Å². The molecule has 1 saturated carbocycles. The van der Waals surface area contributed by atoms with Gasteiger partial charge in [0.1, 0.15) is 6.10 Å². The van der Waals surface area contributed by atoms with Crippen molar-refractivity contribution in [2.24, 2.45) is 4.99 Å². The third-order valence-electron chi connectivity index (χ3n) is 4.51. The number of halogens is 3. The molecule has 0 radical (unpaired) electrons. The van der Waals surface area contributed by atoms with E-state index < -0.39 is 17.8 Å². The summed E-state index contributed by atoms with van der Waals surface area (Å²) in [5.41, 5.74) is -0.226. The number of hydrogen-bond donors (Lipinski definition) is 2. The average Bonchev–Trinajstić information content (AvgIpc) is 3.46. The van der Waals surface area contributed by atoms with Crippen molar-refractivity contribution in [1.29, 1.82) is 0 Å². The minimum Gasteiger partial charge on any atom is -0.370 e. The normalized spacial score (nSPS) is 21.1. The lowest BCUT2D eigenvalue weighted by Gasteiger charge is -2.35. The van der Waals surface area contributed by atoms with E-state index >= 15 is 0 Å². The van der Waals surface area contributed by atoms with Gasteiger partial charge in [-0.1, -0.05) is 12.1 Å². The van der Waals surface area contributed by atoms with Gasteiger partial charge < -0.3 is 20.3 Å². The molecule has 0 spiro atoms. The molecule has 0 bridgehead atoms. The summed E-state index contributed by atoms with van der Waals surface area (Å²) in [6.07, 6.45) is -2.86. The maximum Gasteiger partial charge on any atom is 0.416 e. The summed E-state index contributed by atoms with van der Waals surface area (Å²) in [4.78, 5) is 17.9. The molecule has 1 unspecified atom stereocenters. The molecule has 0 aromatic heterocycles. The molecule has 1 aliphatic carbocycles. The minimum absolute atomic E-state index is 0.0960. The standard InChI is InChI=1S/C18H23F3N4O2/c1-22-17(23-10-16(26)24-14-5-6-14)25-7-8-27-15(11-25)12-3-2-4-13(9-12)18(19,20)21/h2-4,9,14-15H,5-8,10-11H2,1H3,(H,22,23)(H,24,26). The van der Waals surface area contributed by atoms with E-state index in [-0.39, 0.29) is 18.5 Å². The maximum atomic E-state index is 12.9. The second-order valence-corrected chi connectivity index (χ2v) is 6.67. The quantitative estimate of drug-likeness (QED) is 0.615. The van der Waals surface area contributed by atoms with Crippen LogP contribution in [-0.2, 0) is 15.7 Å². The number of rotatable bonds is 4. The highest BCUT2D eigenvalue weighted by atomic mass is 19.4. The summed E-state index contributed by atoms with van der Waals surface area (Å²) >= 11 is 0. The van der Waals surface area contributed by atoms with Crippen molar-refractivity contribution < 1.29 is 22.7 Å². The van der Waals surface area contributed by atoms with Crippen LogP contribution < -0.4 is 10.6 Å². The van der Waals surface area contributed by atoms with Crippen LogP contribution in [0.15, 0.2) is 29.3 Å². The zero-order valence-corrected chi connectivity index (χ0v) is 15.1. The third-order valence-corrected chi connectivity index (χ3v) is 4.51. The fraction of sp³-hybridized carbons (Fsp3) is 0.556. The van der Waals surface area contributed by atoms with Crippen molar-refractivity contribution in [3.05, 3.63) is 35.4 Å². The van der Waals surface area contributed by atoms with Crippen LogP contribution >= 0.6 is 0 Å². The number of guanidine groups is 1. The van der Waals surface area contributed by atoms with E-state index in [1.54, 1.807) is 13.1 Å². The lowest BCUT2D eigenvalue weighted by atomic mass is 10.0. The van der Waals surface area contributed by atoms with Gasteiger partial charge in [0.15, 0.2) is 5.96 Å². The van der Waals surface area contributed by atoms with Crippen LogP contribution in [0.5, 0.6) is 0 Å². The van der Waals surface area contributed by atoms with E-state index in [2.05, 4.69) is 15.6 Å². The van der Waals surface area contributed by atoms with Gasteiger partial charge in [0.05, 0.1) is 25.3 Å². The molecule has 1 aromatic rings. The molecule has 1 atom stereocenters. The number of ether oxygens (including phenoxy) is 1. The largest absolute Gasteiger partial charge is 0.416 e. The van der Waals surface area contributed by atoms with Crippen molar-refractivity contribution in [3.63, 3.8) is 0 Å². The minimum atomic E-state index is -4.39. The number of morpholine rings is 1. The highest BCUT2D eigenvalue weighted by molar-refractivity contribution is 5.86. The number of benzene rings is 1. The lowest BCUT2D eigenvalue weighted by Crippen LogP contribution is -2.50. The molecule has 6 nitrogen and oxygen atoms in total. The van der Waals surface area contributed by atoms with E-state index in [1.165, 1.54) is 6.07 Å². The van der Waals surface area contributed by atoms with Crippen LogP contribution in [0.2, 0.25) is 0 Å². The average molecular weight is 384 g/mol. The van der Waals surface area contributed by atoms with Crippen LogP contribution in [0, 0.1) is 0 Å². The van der Waals surface area contributed by atoms with Crippen molar-refractivity contribution in [3.8, 4) is 0 Å². The Balaban J connectivity index is 1.61. The number of hydrogen-bond acceptors (Lipinski definition) is 3. The van der Waals surface area contributed by atoms with E-state index in [9.17, 15) is 18.0 Å². The number of carbonyl (C=O) groups excluding carboxylic acids is 1. The number of nitrogens with one attached hydrogen (secondary N) is 2. The van der Waals surface area contributed by atoms with E-state index in [1.807, 2.05) is 4.90 Å². The van der Waals surface area contributed by atoms with Crippen LogP contribution in [0.4, 0.5) is 13.2 Å². The number of alkyl halides is 3. The Bertz CT molecular complexity index is 704. The highest BCUT2D eigenvalue weighted by Crippen LogP contribution is 2.32. The van der Waals surface area contributed by atoms with Gasteiger partial charge in [-0.3, -0.25) is 9.79 Å². The van der Waals surface area contributed by atoms with E-state index in [0.717, 1.165) is 25.0 Å². The highest BCUT2D eigenvalue weighted by Gasteiger charge is 2.32. The summed E-state index contributed by atoms with van der Waals surface area (Å²) in [5.74, 6) is 0.433. The van der Waals surface area contributed by atoms with Gasteiger partial charge in [0.25, 0.3) is 0 Å². The first-order valence-corrected chi connectivity index (χ1v) is 8.90. The Morgan fingerprint density at radius 1 is 1.37 bits per heavy atom. The van der Waals surface area contributed by atoms with Gasteiger partial charge in [-0.05, 0) is 30.5 Å². The first-order valence-electron chi connectivity index (χ1n) is 8.90. The smallest absolute Gasteiger partial charge is 0.370 e. The molecule has 3 rings (SSSR count). The molecule has 1 saturated heterocycles. The number of amides is 1. The summed E-state index contributed by atoms with van der Waals surface area (Å²) in [6, 6.07) is 5.46. The van der Waals surface area contributed by atoms with Crippen LogP contribution in [0.3, 0.4) is 0 Å². The third kappa shape index (κ3) is 5.35. The van der Waals surface area contributed by atoms with Gasteiger partial charge in [-0.2, -0.15) is 13.2 Å². The topological polar surface area (TPSA) is 66.0 Å². The fourth-order valence-corrected chi connectivity index (χ4v) is 2.96. The van der Waals surface area contributed by atoms with Gasteiger partial charge in [-0.15, -0.1) is 0 Å². The molecule has 1 aliphatic heterocycles. The molecule has 1 aromatic carbocycles. The SMILES string of the molecule is CN=C(NCC(=O)NC1CC1)N1CCOC(c2cccc(C(F)(F)F)c2)C1. The first kappa shape index (κ1) is 19.5. The van der Waals surface area contributed by atoms with Crippen LogP contribution in [0.1, 0.15) is 30.1 Å². The van der Waals surface area contributed by atoms with Crippen LogP contribution in [0.25, 0.3) is 0 Å². The molecule has 1 amide bonds. The molecule has 27 heavy (non-hydrogen) atoms. The van der Waals surface area contributed by atoms with Gasteiger partial charge in [0, 0.05) is 19.6 Å². The van der Waals surface area contributed by atoms with Gasteiger partial charge in [0.2, 0.25) is 5.91 Å². The predicted octanol–water partition coefficient (Wildman–Crippen LogP) is 1.93. The number of aliphatic imine (C=N–C) groups is 1. The summed E-state index contributed by atoms with van der Waals surface area (Å²) < 4.78 is 44.5. The predicted molar refractivity (Wildman–Crippen MR) is 94.2 cm³/mol. The molecule has 9 heteroatoms. The van der Waals surface area contributed by atoms with E-state index in [0.29, 0.717) is 31.2 Å². The zero-order chi connectivity index (χ0) is 19.4. The fourth-order valence-electron chi connectivity index (χ4n) is 2.96. The van der Waals surface area contributed by atoms with E-state index in [4.69, 9.17) is 4.74 Å². The van der Waals surface area contributed by atoms with Crippen molar-refractivity contribution in [1.82, 2.24) is 15.5 Å². The molecule has 1 heterocycles. The van der Waals surface area contributed by atoms with Gasteiger partial charge >= 0.3 is 6.18 Å². The summed E-state index contributed by atoms with van der Waals surface area (Å²) in [7, 11) is 1.61. The summed E-state index contributed by atoms with van der Waals surface area (Å²) in [5, 5.41) is 5.89. The van der Waals surface area contributed by atoms with Gasteiger partial charge in [-0.25, -0.2) is 0 Å². The Morgan fingerprint density at radius 2 is 2.15 bits per heavy atom. The molecular formula is C18H23F3N4O2. The van der Waals surface area contributed by atoms with Crippen LogP contribution in [-0.4, -0.2) is 56.1 Å². The molecule has 2 N–H and O–H groups in total. The van der Waals surface area contributed by atoms with Crippen molar-refractivity contribution >= 4 is 11.9 Å². The Kier molecular flexibility index (Phi) is 5.88. The monoisotopic (exact) mass is 384 g/mol. The molecule has 148 valence electrons. The first-order chi connectivity index (χ1) is 12.9. The van der Waals surface area contributed by atoms with Crippen molar-refractivity contribution in [2.45, 2.75) is 31.2 Å². The Hall–Kier alpha value is -2.29. The second kappa shape index (κ2) is 8.16.